The molecule has 0 radical (unpaired) electrons. The molecule has 0 aliphatic rings. The molecule has 36 heavy (non-hydrogen) atoms. The van der Waals surface area contributed by atoms with Crippen LogP contribution < -0.4 is 20.4 Å². The van der Waals surface area contributed by atoms with Gasteiger partial charge in [-0.3, -0.25) is 9.59 Å². The number of benzene rings is 3. The Morgan fingerprint density at radius 1 is 0.861 bits per heavy atom. The molecule has 0 heterocycles. The summed E-state index contributed by atoms with van der Waals surface area (Å²) in [4.78, 5) is 53.0. The Labute approximate surface area is 213 Å². The number of para-hydroxylation sites is 2. The third-order valence-corrected chi connectivity index (χ3v) is 5.54. The van der Waals surface area contributed by atoms with E-state index in [9.17, 15) is 19.2 Å². The Kier molecular flexibility index (Phi) is 9.01. The highest BCUT2D eigenvalue weighted by molar-refractivity contribution is 6.33. The molecule has 3 aromatic carbocycles. The molecule has 9 nitrogen and oxygen atoms in total. The Morgan fingerprint density at radius 3 is 2.08 bits per heavy atom. The number of ether oxygens (including phenoxy) is 1. The van der Waals surface area contributed by atoms with Gasteiger partial charge >= 0.3 is 12.0 Å². The number of methoxy groups -OCH3 is 1. The molecule has 0 aliphatic heterocycles. The minimum absolute atomic E-state index is 0.0874. The number of carbonyl (C=O) groups excluding carboxylic acids is 4. The fraction of sp³-hybridized carbons (Fsp3) is 0.154. The van der Waals surface area contributed by atoms with Gasteiger partial charge in [-0.1, -0.05) is 48.0 Å². The first kappa shape index (κ1) is 26.2. The molecule has 0 unspecified atom stereocenters. The van der Waals surface area contributed by atoms with Crippen LogP contribution in [0.5, 0.6) is 0 Å². The number of esters is 1. The first-order chi connectivity index (χ1) is 17.3. The van der Waals surface area contributed by atoms with Gasteiger partial charge in [-0.05, 0) is 42.5 Å². The number of amides is 4. The summed E-state index contributed by atoms with van der Waals surface area (Å²) < 4.78 is 4.67. The van der Waals surface area contributed by atoms with Crippen molar-refractivity contribution >= 4 is 52.5 Å². The molecule has 0 spiro atoms. The summed E-state index contributed by atoms with van der Waals surface area (Å²) >= 11 is 5.99. The maximum atomic E-state index is 13.1. The van der Waals surface area contributed by atoms with E-state index in [0.717, 1.165) is 0 Å². The van der Waals surface area contributed by atoms with E-state index >= 15 is 0 Å². The number of halogens is 1. The van der Waals surface area contributed by atoms with Crippen molar-refractivity contribution in [2.45, 2.75) is 0 Å². The Morgan fingerprint density at radius 2 is 1.47 bits per heavy atom. The summed E-state index contributed by atoms with van der Waals surface area (Å²) in [6.45, 7) is -0.599. The molecule has 0 fully saturated rings. The lowest BCUT2D eigenvalue weighted by Crippen LogP contribution is -2.46. The maximum Gasteiger partial charge on any atom is 0.339 e. The Balaban J connectivity index is 1.67. The summed E-state index contributed by atoms with van der Waals surface area (Å²) in [5.41, 5.74) is 1.57. The van der Waals surface area contributed by atoms with E-state index in [2.05, 4.69) is 15.4 Å². The summed E-state index contributed by atoms with van der Waals surface area (Å²) in [5.74, 6) is -1.44. The SMILES string of the molecule is COC(=O)c1cc(NC(=O)NCC(=O)N(CC(=O)N(C)c2ccccc2)c2ccccc2)ccc1Cl. The second kappa shape index (κ2) is 12.4. The molecule has 0 bridgehead atoms. The van der Waals surface area contributed by atoms with Crippen molar-refractivity contribution in [1.29, 1.82) is 0 Å². The van der Waals surface area contributed by atoms with Crippen molar-refractivity contribution in [3.8, 4) is 0 Å². The molecule has 0 atom stereocenters. The quantitative estimate of drug-likeness (QED) is 0.448. The molecule has 4 amide bonds. The number of nitrogens with one attached hydrogen (secondary N) is 2. The number of rotatable bonds is 8. The van der Waals surface area contributed by atoms with Gasteiger partial charge in [0.25, 0.3) is 0 Å². The van der Waals surface area contributed by atoms with E-state index < -0.39 is 17.9 Å². The van der Waals surface area contributed by atoms with Crippen LogP contribution >= 0.6 is 11.6 Å². The third kappa shape index (κ3) is 6.83. The fourth-order valence-electron chi connectivity index (χ4n) is 3.26. The smallest absolute Gasteiger partial charge is 0.339 e. The lowest BCUT2D eigenvalue weighted by molar-refractivity contribution is -0.121. The maximum absolute atomic E-state index is 13.1. The number of urea groups is 1. The predicted molar refractivity (Wildman–Crippen MR) is 138 cm³/mol. The van der Waals surface area contributed by atoms with Gasteiger partial charge in [0.1, 0.15) is 6.54 Å². The van der Waals surface area contributed by atoms with E-state index in [1.807, 2.05) is 18.2 Å². The van der Waals surface area contributed by atoms with Gasteiger partial charge in [-0.25, -0.2) is 9.59 Å². The van der Waals surface area contributed by atoms with Gasteiger partial charge in [-0.15, -0.1) is 0 Å². The van der Waals surface area contributed by atoms with Crippen molar-refractivity contribution in [2.75, 3.05) is 42.4 Å². The second-order valence-corrected chi connectivity index (χ2v) is 8.00. The molecule has 10 heteroatoms. The average Bonchev–Trinajstić information content (AvgIpc) is 2.91. The van der Waals surface area contributed by atoms with Crippen LogP contribution in [0.25, 0.3) is 0 Å². The van der Waals surface area contributed by atoms with Crippen molar-refractivity contribution in [3.63, 3.8) is 0 Å². The Hall–Kier alpha value is -4.37. The van der Waals surface area contributed by atoms with Crippen LogP contribution in [0.2, 0.25) is 5.02 Å². The first-order valence-corrected chi connectivity index (χ1v) is 11.3. The van der Waals surface area contributed by atoms with Crippen LogP contribution in [0.15, 0.2) is 78.9 Å². The van der Waals surface area contributed by atoms with Crippen LogP contribution in [0, 0.1) is 0 Å². The van der Waals surface area contributed by atoms with Crippen molar-refractivity contribution in [1.82, 2.24) is 5.32 Å². The lowest BCUT2D eigenvalue weighted by atomic mass is 10.2. The number of carbonyl (C=O) groups is 4. The zero-order valence-electron chi connectivity index (χ0n) is 19.7. The highest BCUT2D eigenvalue weighted by atomic mass is 35.5. The summed E-state index contributed by atoms with van der Waals surface area (Å²) in [6, 6.07) is 21.4. The van der Waals surface area contributed by atoms with Gasteiger partial charge in [0.2, 0.25) is 11.8 Å². The second-order valence-electron chi connectivity index (χ2n) is 7.60. The molecule has 0 aliphatic carbocycles. The topological polar surface area (TPSA) is 108 Å². The third-order valence-electron chi connectivity index (χ3n) is 5.21. The van der Waals surface area contributed by atoms with Gasteiger partial charge in [0.15, 0.2) is 0 Å². The van der Waals surface area contributed by atoms with Crippen molar-refractivity contribution < 1.29 is 23.9 Å². The fourth-order valence-corrected chi connectivity index (χ4v) is 3.46. The number of nitrogens with zero attached hydrogens (tertiary/aromatic N) is 2. The van der Waals surface area contributed by atoms with Crippen LogP contribution in [-0.4, -0.2) is 51.1 Å². The zero-order chi connectivity index (χ0) is 26.1. The number of anilines is 3. The van der Waals surface area contributed by atoms with Crippen LogP contribution in [-0.2, 0) is 14.3 Å². The average molecular weight is 509 g/mol. The minimum Gasteiger partial charge on any atom is -0.465 e. The van der Waals surface area contributed by atoms with Crippen LogP contribution in [0.4, 0.5) is 21.9 Å². The molecule has 0 saturated heterocycles. The van der Waals surface area contributed by atoms with E-state index in [4.69, 9.17) is 11.6 Å². The monoisotopic (exact) mass is 508 g/mol. The zero-order valence-corrected chi connectivity index (χ0v) is 20.5. The molecule has 0 aromatic heterocycles. The van der Waals surface area contributed by atoms with E-state index in [1.165, 1.54) is 35.1 Å². The number of likely N-dealkylation sites (N-methyl/N-ethyl adjacent to an activating group) is 1. The van der Waals surface area contributed by atoms with E-state index in [-0.39, 0.29) is 35.3 Å². The first-order valence-electron chi connectivity index (χ1n) is 10.9. The van der Waals surface area contributed by atoms with Gasteiger partial charge in [0, 0.05) is 24.1 Å². The molecule has 0 saturated carbocycles. The minimum atomic E-state index is -0.678. The molecule has 3 rings (SSSR count). The normalized spacial score (nSPS) is 10.2. The highest BCUT2D eigenvalue weighted by Gasteiger charge is 2.22. The number of hydrogen-bond acceptors (Lipinski definition) is 5. The molecule has 2 N–H and O–H groups in total. The van der Waals surface area contributed by atoms with E-state index in [0.29, 0.717) is 11.4 Å². The van der Waals surface area contributed by atoms with E-state index in [1.54, 1.807) is 49.5 Å². The molecule has 186 valence electrons. The standard InChI is InChI=1S/C26H25ClN4O5/c1-30(19-9-5-3-6-10-19)24(33)17-31(20-11-7-4-8-12-20)23(32)16-28-26(35)29-18-13-14-22(27)21(15-18)25(34)36-2/h3-15H,16-17H2,1-2H3,(H2,28,29,35). The molecular weight excluding hydrogens is 484 g/mol. The predicted octanol–water partition coefficient (Wildman–Crippen LogP) is 3.94. The van der Waals surface area contributed by atoms with Gasteiger partial charge in [0.05, 0.1) is 24.2 Å². The molecular formula is C26H25ClN4O5. The summed E-state index contributed by atoms with van der Waals surface area (Å²) in [7, 11) is 2.85. The van der Waals surface area contributed by atoms with Gasteiger partial charge in [-0.2, -0.15) is 0 Å². The van der Waals surface area contributed by atoms with Gasteiger partial charge < -0.3 is 25.2 Å². The largest absolute Gasteiger partial charge is 0.465 e. The highest BCUT2D eigenvalue weighted by Crippen LogP contribution is 2.21. The van der Waals surface area contributed by atoms with Crippen LogP contribution in [0.1, 0.15) is 10.4 Å². The number of hydrogen-bond donors (Lipinski definition) is 2. The summed E-state index contributed by atoms with van der Waals surface area (Å²) in [5, 5.41) is 5.19. The van der Waals surface area contributed by atoms with Crippen molar-refractivity contribution in [3.05, 3.63) is 89.4 Å². The van der Waals surface area contributed by atoms with Crippen molar-refractivity contribution in [2.24, 2.45) is 0 Å². The molecule has 3 aromatic rings. The lowest BCUT2D eigenvalue weighted by Gasteiger charge is -2.25. The Bertz CT molecular complexity index is 1240. The summed E-state index contributed by atoms with van der Waals surface area (Å²) in [6.07, 6.45) is 0. The van der Waals surface area contributed by atoms with Crippen LogP contribution in [0.3, 0.4) is 0 Å².